The maximum absolute atomic E-state index is 9.39. The summed E-state index contributed by atoms with van der Waals surface area (Å²) in [5, 5.41) is 11.1. The van der Waals surface area contributed by atoms with E-state index in [1.165, 1.54) is 4.88 Å². The third kappa shape index (κ3) is 2.03. The Kier molecular flexibility index (Phi) is 3.07. The maximum atomic E-state index is 9.39. The molecule has 0 saturated carbocycles. The van der Waals surface area contributed by atoms with Crippen molar-refractivity contribution >= 4 is 33.8 Å². The number of rotatable bonds is 3. The fourth-order valence-electron chi connectivity index (χ4n) is 2.09. The van der Waals surface area contributed by atoms with E-state index in [4.69, 9.17) is 11.6 Å². The lowest BCUT2D eigenvalue weighted by Crippen LogP contribution is -1.95. The van der Waals surface area contributed by atoms with Crippen molar-refractivity contribution in [2.45, 2.75) is 13.2 Å². The van der Waals surface area contributed by atoms with E-state index < -0.39 is 0 Å². The molecule has 0 radical (unpaired) electrons. The molecule has 0 fully saturated rings. The summed E-state index contributed by atoms with van der Waals surface area (Å²) >= 11 is 7.66. The second-order valence-corrected chi connectivity index (χ2v) is 5.48. The summed E-state index contributed by atoms with van der Waals surface area (Å²) in [5.74, 6) is 0. The van der Waals surface area contributed by atoms with Crippen molar-refractivity contribution < 1.29 is 5.11 Å². The third-order valence-corrected chi connectivity index (χ3v) is 3.91. The number of hydrogen-bond donors (Lipinski definition) is 1. The zero-order valence-electron chi connectivity index (χ0n) is 9.51. The molecule has 0 aliphatic carbocycles. The highest BCUT2D eigenvalue weighted by Gasteiger charge is 2.09. The van der Waals surface area contributed by atoms with Gasteiger partial charge in [-0.25, -0.2) is 0 Å². The van der Waals surface area contributed by atoms with Gasteiger partial charge in [0.25, 0.3) is 0 Å². The van der Waals surface area contributed by atoms with Crippen molar-refractivity contribution in [1.82, 2.24) is 9.55 Å². The molecule has 1 N–H and O–H groups in total. The third-order valence-electron chi connectivity index (χ3n) is 2.91. The van der Waals surface area contributed by atoms with Crippen LogP contribution in [-0.4, -0.2) is 14.7 Å². The Morgan fingerprint density at radius 1 is 1.39 bits per heavy atom. The Balaban J connectivity index is 2.13. The topological polar surface area (TPSA) is 38.0 Å². The average molecular weight is 279 g/mol. The van der Waals surface area contributed by atoms with Crippen molar-refractivity contribution in [3.63, 3.8) is 0 Å². The molecule has 0 saturated heterocycles. The Labute approximate surface area is 113 Å². The summed E-state index contributed by atoms with van der Waals surface area (Å²) in [7, 11) is 0. The van der Waals surface area contributed by atoms with Gasteiger partial charge in [-0.2, -0.15) is 0 Å². The summed E-state index contributed by atoms with van der Waals surface area (Å²) in [6.07, 6.45) is 3.83. The first-order valence-corrected chi connectivity index (χ1v) is 6.79. The van der Waals surface area contributed by atoms with Gasteiger partial charge >= 0.3 is 0 Å². The Hall–Kier alpha value is -1.36. The van der Waals surface area contributed by atoms with Gasteiger partial charge in [0.1, 0.15) is 0 Å². The average Bonchev–Trinajstić information content (AvgIpc) is 2.98. The number of aromatic nitrogens is 2. The number of thiazole rings is 1. The number of aliphatic hydroxyl groups is 1. The fourth-order valence-corrected chi connectivity index (χ4v) is 2.84. The smallest absolute Gasteiger partial charge is 0.0794 e. The molecule has 92 valence electrons. The molecule has 0 unspecified atom stereocenters. The summed E-state index contributed by atoms with van der Waals surface area (Å²) in [6.45, 7) is 0.787. The number of benzene rings is 1. The zero-order chi connectivity index (χ0) is 12.5. The van der Waals surface area contributed by atoms with Crippen LogP contribution in [0.3, 0.4) is 0 Å². The first-order valence-electron chi connectivity index (χ1n) is 5.53. The lowest BCUT2D eigenvalue weighted by Gasteiger charge is -2.02. The van der Waals surface area contributed by atoms with E-state index in [2.05, 4.69) is 9.55 Å². The quantitative estimate of drug-likeness (QED) is 0.798. The zero-order valence-corrected chi connectivity index (χ0v) is 11.1. The Morgan fingerprint density at radius 2 is 2.28 bits per heavy atom. The van der Waals surface area contributed by atoms with Crippen LogP contribution >= 0.6 is 22.9 Å². The van der Waals surface area contributed by atoms with Gasteiger partial charge in [0.15, 0.2) is 0 Å². The molecule has 0 aliphatic rings. The highest BCUT2D eigenvalue weighted by atomic mass is 35.5. The van der Waals surface area contributed by atoms with E-state index in [0.29, 0.717) is 5.02 Å². The van der Waals surface area contributed by atoms with Gasteiger partial charge in [-0.15, -0.1) is 11.3 Å². The lowest BCUT2D eigenvalue weighted by molar-refractivity contribution is 0.283. The van der Waals surface area contributed by atoms with Crippen LogP contribution in [0.1, 0.15) is 10.4 Å². The van der Waals surface area contributed by atoms with Crippen molar-refractivity contribution in [2.24, 2.45) is 0 Å². The van der Waals surface area contributed by atoms with E-state index in [-0.39, 0.29) is 6.61 Å². The summed E-state index contributed by atoms with van der Waals surface area (Å²) in [4.78, 5) is 5.25. The van der Waals surface area contributed by atoms with Crippen LogP contribution in [0.4, 0.5) is 0 Å². The number of hydrogen-bond acceptors (Lipinski definition) is 3. The molecule has 1 aromatic carbocycles. The minimum absolute atomic E-state index is 0.0355. The molecule has 0 atom stereocenters. The van der Waals surface area contributed by atoms with Gasteiger partial charge < -0.3 is 9.67 Å². The van der Waals surface area contributed by atoms with E-state index in [1.807, 2.05) is 36.1 Å². The van der Waals surface area contributed by atoms with Gasteiger partial charge in [0.2, 0.25) is 0 Å². The second kappa shape index (κ2) is 4.72. The molecule has 0 aliphatic heterocycles. The second-order valence-electron chi connectivity index (χ2n) is 4.07. The van der Waals surface area contributed by atoms with E-state index >= 15 is 0 Å². The van der Waals surface area contributed by atoms with E-state index in [0.717, 1.165) is 23.0 Å². The number of nitrogens with zero attached hydrogens (tertiary/aromatic N) is 2. The van der Waals surface area contributed by atoms with Crippen LogP contribution in [0.2, 0.25) is 5.02 Å². The molecular formula is C13H11ClN2OS. The highest BCUT2D eigenvalue weighted by molar-refractivity contribution is 7.09. The predicted octanol–water partition coefficient (Wildman–Crippen LogP) is 3.29. The molecule has 2 heterocycles. The van der Waals surface area contributed by atoms with Crippen LogP contribution < -0.4 is 0 Å². The van der Waals surface area contributed by atoms with Crippen molar-refractivity contribution in [3.05, 3.63) is 51.6 Å². The molecule has 18 heavy (non-hydrogen) atoms. The largest absolute Gasteiger partial charge is 0.392 e. The van der Waals surface area contributed by atoms with Crippen molar-refractivity contribution in [1.29, 1.82) is 0 Å². The first-order chi connectivity index (χ1) is 8.78. The monoisotopic (exact) mass is 278 g/mol. The van der Waals surface area contributed by atoms with Crippen LogP contribution in [-0.2, 0) is 13.2 Å². The maximum Gasteiger partial charge on any atom is 0.0794 e. The first kappa shape index (κ1) is 11.7. The molecule has 0 amide bonds. The standard InChI is InChI=1S/C13H11ClN2OS/c14-10-1-2-12-9(7-17)5-16(13(12)3-10)6-11-4-15-8-18-11/h1-5,8,17H,6-7H2. The van der Waals surface area contributed by atoms with Gasteiger partial charge in [-0.3, -0.25) is 4.98 Å². The molecule has 0 spiro atoms. The number of fused-ring (bicyclic) bond motifs is 1. The van der Waals surface area contributed by atoms with Gasteiger partial charge in [0.05, 0.1) is 24.2 Å². The molecule has 3 rings (SSSR count). The lowest BCUT2D eigenvalue weighted by atomic mass is 10.2. The van der Waals surface area contributed by atoms with Crippen LogP contribution in [0.25, 0.3) is 10.9 Å². The van der Waals surface area contributed by atoms with Crippen LogP contribution in [0.5, 0.6) is 0 Å². The summed E-state index contributed by atoms with van der Waals surface area (Å²) in [6, 6.07) is 5.73. The fraction of sp³-hybridized carbons (Fsp3) is 0.154. The normalized spacial score (nSPS) is 11.2. The van der Waals surface area contributed by atoms with E-state index in [1.54, 1.807) is 11.3 Å². The highest BCUT2D eigenvalue weighted by Crippen LogP contribution is 2.26. The van der Waals surface area contributed by atoms with Gasteiger partial charge in [0, 0.05) is 33.2 Å². The molecule has 0 bridgehead atoms. The Morgan fingerprint density at radius 3 is 3.00 bits per heavy atom. The minimum atomic E-state index is 0.0355. The van der Waals surface area contributed by atoms with Crippen LogP contribution in [0.15, 0.2) is 36.1 Å². The predicted molar refractivity (Wildman–Crippen MR) is 74.1 cm³/mol. The van der Waals surface area contributed by atoms with E-state index in [9.17, 15) is 5.11 Å². The molecule has 3 aromatic rings. The summed E-state index contributed by atoms with van der Waals surface area (Å²) < 4.78 is 2.10. The van der Waals surface area contributed by atoms with Gasteiger partial charge in [-0.05, 0) is 12.1 Å². The van der Waals surface area contributed by atoms with Crippen molar-refractivity contribution in [2.75, 3.05) is 0 Å². The molecule has 5 heteroatoms. The molecular weight excluding hydrogens is 268 g/mol. The number of halogens is 1. The number of aliphatic hydroxyl groups excluding tert-OH is 1. The van der Waals surface area contributed by atoms with Crippen molar-refractivity contribution in [3.8, 4) is 0 Å². The minimum Gasteiger partial charge on any atom is -0.392 e. The Bertz CT molecular complexity index is 676. The van der Waals surface area contributed by atoms with Gasteiger partial charge in [-0.1, -0.05) is 17.7 Å². The molecule has 2 aromatic heterocycles. The molecule has 3 nitrogen and oxygen atoms in total. The van der Waals surface area contributed by atoms with Crippen LogP contribution in [0, 0.1) is 0 Å². The SMILES string of the molecule is OCc1cn(Cc2cncs2)c2cc(Cl)ccc12. The summed E-state index contributed by atoms with van der Waals surface area (Å²) in [5.41, 5.74) is 3.78.